The molecule has 92 valence electrons. The lowest BCUT2D eigenvalue weighted by Gasteiger charge is -2.08. The Balaban J connectivity index is 0.000000367. The van der Waals surface area contributed by atoms with E-state index in [0.717, 1.165) is 10.6 Å². The zero-order valence-electron chi connectivity index (χ0n) is 9.33. The molecule has 5 heteroatoms. The molecule has 2 aromatic rings. The molecule has 0 spiro atoms. The van der Waals surface area contributed by atoms with Crippen molar-refractivity contribution in [1.29, 1.82) is 0 Å². The predicted octanol–water partition coefficient (Wildman–Crippen LogP) is 2.61. The molecule has 18 heavy (non-hydrogen) atoms. The van der Waals surface area contributed by atoms with Crippen molar-refractivity contribution < 1.29 is 14.3 Å². The maximum absolute atomic E-state index is 12.1. The Labute approximate surface area is 107 Å². The Kier molecular flexibility index (Phi) is 3.84. The fourth-order valence-corrected chi connectivity index (χ4v) is 2.53. The SMILES string of the molecule is O=CO.O=c1c2c(oc3ccccc13)C=CCS2. The highest BCUT2D eigenvalue weighted by atomic mass is 32.2. The van der Waals surface area contributed by atoms with E-state index in [1.807, 2.05) is 30.4 Å². The molecule has 1 aliphatic rings. The summed E-state index contributed by atoms with van der Waals surface area (Å²) in [6.07, 6.45) is 3.88. The lowest BCUT2D eigenvalue weighted by molar-refractivity contribution is -0.122. The fourth-order valence-electron chi connectivity index (χ4n) is 1.68. The van der Waals surface area contributed by atoms with Gasteiger partial charge in [-0.2, -0.15) is 0 Å². The third-order valence-electron chi connectivity index (χ3n) is 2.37. The Morgan fingerprint density at radius 2 is 2.06 bits per heavy atom. The predicted molar refractivity (Wildman–Crippen MR) is 70.9 cm³/mol. The smallest absolute Gasteiger partial charge is 0.290 e. The number of fused-ring (bicyclic) bond motifs is 2. The van der Waals surface area contributed by atoms with Crippen LogP contribution in [-0.2, 0) is 4.79 Å². The van der Waals surface area contributed by atoms with Gasteiger partial charge in [-0.1, -0.05) is 18.2 Å². The van der Waals surface area contributed by atoms with E-state index >= 15 is 0 Å². The average molecular weight is 262 g/mol. The van der Waals surface area contributed by atoms with Crippen molar-refractivity contribution in [3.8, 4) is 0 Å². The van der Waals surface area contributed by atoms with E-state index in [2.05, 4.69) is 0 Å². The van der Waals surface area contributed by atoms with Crippen LogP contribution >= 0.6 is 11.8 Å². The molecule has 0 saturated carbocycles. The Morgan fingerprint density at radius 3 is 2.83 bits per heavy atom. The lowest BCUT2D eigenvalue weighted by atomic mass is 10.2. The molecule has 3 rings (SSSR count). The molecule has 1 N–H and O–H groups in total. The molecule has 0 radical (unpaired) electrons. The molecule has 0 saturated heterocycles. The van der Waals surface area contributed by atoms with Crippen LogP contribution in [0.15, 0.2) is 44.4 Å². The molecule has 0 amide bonds. The van der Waals surface area contributed by atoms with E-state index in [-0.39, 0.29) is 11.9 Å². The first kappa shape index (κ1) is 12.4. The van der Waals surface area contributed by atoms with Crippen LogP contribution in [0.5, 0.6) is 0 Å². The summed E-state index contributed by atoms with van der Waals surface area (Å²) in [4.78, 5) is 21.2. The summed E-state index contributed by atoms with van der Waals surface area (Å²) in [6.45, 7) is -0.250. The summed E-state index contributed by atoms with van der Waals surface area (Å²) in [7, 11) is 0. The molecule has 4 nitrogen and oxygen atoms in total. The van der Waals surface area contributed by atoms with Gasteiger partial charge < -0.3 is 9.52 Å². The first-order valence-electron chi connectivity index (χ1n) is 5.21. The van der Waals surface area contributed by atoms with Gasteiger partial charge in [0.05, 0.1) is 10.3 Å². The quantitative estimate of drug-likeness (QED) is 0.739. The van der Waals surface area contributed by atoms with Crippen molar-refractivity contribution in [2.24, 2.45) is 0 Å². The number of hydrogen-bond donors (Lipinski definition) is 1. The number of carboxylic acid groups (broad SMARTS) is 1. The number of rotatable bonds is 0. The monoisotopic (exact) mass is 262 g/mol. The molecule has 0 aliphatic carbocycles. The molecule has 1 aliphatic heterocycles. The van der Waals surface area contributed by atoms with E-state index in [4.69, 9.17) is 14.3 Å². The first-order chi connectivity index (χ1) is 8.77. The molecule has 0 unspecified atom stereocenters. The lowest BCUT2D eigenvalue weighted by Crippen LogP contribution is -2.08. The minimum atomic E-state index is -0.250. The molecule has 2 heterocycles. The summed E-state index contributed by atoms with van der Waals surface area (Å²) in [5.41, 5.74) is 0.745. The van der Waals surface area contributed by atoms with E-state index < -0.39 is 0 Å². The van der Waals surface area contributed by atoms with Crippen molar-refractivity contribution in [3.05, 3.63) is 46.3 Å². The van der Waals surface area contributed by atoms with Crippen molar-refractivity contribution in [1.82, 2.24) is 0 Å². The summed E-state index contributed by atoms with van der Waals surface area (Å²) >= 11 is 1.54. The molecular formula is C13H10O4S. The number of hydrogen-bond acceptors (Lipinski definition) is 4. The minimum Gasteiger partial charge on any atom is -0.483 e. The zero-order chi connectivity index (χ0) is 13.0. The topological polar surface area (TPSA) is 67.5 Å². The average Bonchev–Trinajstić information content (AvgIpc) is 2.40. The van der Waals surface area contributed by atoms with Crippen molar-refractivity contribution >= 4 is 35.3 Å². The standard InChI is InChI=1S/C12H8O2S.CH2O2/c13-11-8-4-1-2-5-9(8)14-10-6-3-7-15-12(10)11;2-1-3/h1-6H,7H2;1H,(H,2,3). The normalized spacial score (nSPS) is 12.4. The summed E-state index contributed by atoms with van der Waals surface area (Å²) < 4.78 is 5.66. The van der Waals surface area contributed by atoms with Gasteiger partial charge in [-0.15, -0.1) is 11.8 Å². The number of thioether (sulfide) groups is 1. The largest absolute Gasteiger partial charge is 0.483 e. The molecule has 0 fully saturated rings. The Morgan fingerprint density at radius 1 is 1.33 bits per heavy atom. The van der Waals surface area contributed by atoms with Crippen molar-refractivity contribution in [2.75, 3.05) is 5.75 Å². The van der Waals surface area contributed by atoms with E-state index in [0.29, 0.717) is 16.7 Å². The third-order valence-corrected chi connectivity index (χ3v) is 3.41. The molecule has 0 bridgehead atoms. The summed E-state index contributed by atoms with van der Waals surface area (Å²) in [5, 5.41) is 7.55. The van der Waals surface area contributed by atoms with E-state index in [9.17, 15) is 4.79 Å². The number of benzene rings is 1. The highest BCUT2D eigenvalue weighted by Crippen LogP contribution is 2.28. The van der Waals surface area contributed by atoms with E-state index in [1.54, 1.807) is 6.07 Å². The van der Waals surface area contributed by atoms with Crippen LogP contribution in [0.2, 0.25) is 0 Å². The van der Waals surface area contributed by atoms with Gasteiger partial charge in [-0.05, 0) is 18.2 Å². The second kappa shape index (κ2) is 5.55. The summed E-state index contributed by atoms with van der Waals surface area (Å²) in [6, 6.07) is 7.36. The number of para-hydroxylation sites is 1. The molecular weight excluding hydrogens is 252 g/mol. The van der Waals surface area contributed by atoms with Gasteiger partial charge in [-0.3, -0.25) is 9.59 Å². The first-order valence-corrected chi connectivity index (χ1v) is 6.19. The Hall–Kier alpha value is -2.01. The van der Waals surface area contributed by atoms with Crippen LogP contribution in [0.3, 0.4) is 0 Å². The third kappa shape index (κ3) is 2.31. The molecule has 1 aromatic heterocycles. The Bertz CT molecular complexity index is 658. The second-order valence-electron chi connectivity index (χ2n) is 3.44. The highest BCUT2D eigenvalue weighted by molar-refractivity contribution is 7.99. The second-order valence-corrected chi connectivity index (χ2v) is 4.47. The van der Waals surface area contributed by atoms with Crippen LogP contribution in [0, 0.1) is 0 Å². The molecule has 1 aromatic carbocycles. The van der Waals surface area contributed by atoms with Crippen LogP contribution < -0.4 is 5.43 Å². The maximum atomic E-state index is 12.1. The van der Waals surface area contributed by atoms with Gasteiger partial charge in [0.15, 0.2) is 0 Å². The van der Waals surface area contributed by atoms with Crippen LogP contribution in [0.1, 0.15) is 5.76 Å². The van der Waals surface area contributed by atoms with Crippen LogP contribution in [0.25, 0.3) is 17.0 Å². The van der Waals surface area contributed by atoms with Crippen LogP contribution in [-0.4, -0.2) is 17.3 Å². The van der Waals surface area contributed by atoms with Gasteiger partial charge in [0.2, 0.25) is 5.43 Å². The zero-order valence-corrected chi connectivity index (χ0v) is 10.1. The number of carbonyl (C=O) groups is 1. The van der Waals surface area contributed by atoms with Gasteiger partial charge in [0, 0.05) is 5.75 Å². The van der Waals surface area contributed by atoms with Crippen LogP contribution in [0.4, 0.5) is 0 Å². The fraction of sp³-hybridized carbons (Fsp3) is 0.0769. The maximum Gasteiger partial charge on any atom is 0.290 e. The van der Waals surface area contributed by atoms with Crippen molar-refractivity contribution in [2.45, 2.75) is 4.90 Å². The van der Waals surface area contributed by atoms with Gasteiger partial charge in [0.1, 0.15) is 11.3 Å². The minimum absolute atomic E-state index is 0.0844. The van der Waals surface area contributed by atoms with Gasteiger partial charge in [0.25, 0.3) is 6.47 Å². The van der Waals surface area contributed by atoms with Crippen molar-refractivity contribution in [3.63, 3.8) is 0 Å². The van der Waals surface area contributed by atoms with Gasteiger partial charge in [-0.25, -0.2) is 0 Å². The van der Waals surface area contributed by atoms with Gasteiger partial charge >= 0.3 is 0 Å². The molecule has 0 atom stereocenters. The highest BCUT2D eigenvalue weighted by Gasteiger charge is 2.14. The summed E-state index contributed by atoms with van der Waals surface area (Å²) in [5.74, 6) is 1.53. The van der Waals surface area contributed by atoms with E-state index in [1.165, 1.54) is 11.8 Å².